The van der Waals surface area contributed by atoms with Crippen molar-refractivity contribution in [2.24, 2.45) is 0 Å². The zero-order valence-corrected chi connectivity index (χ0v) is 43.8. The van der Waals surface area contributed by atoms with Gasteiger partial charge in [-0.05, 0) is 128 Å². The first-order chi connectivity index (χ1) is 34.0. The Hall–Kier alpha value is -4.97. The van der Waals surface area contributed by atoms with Crippen LogP contribution in [-0.2, 0) is 28.6 Å². The largest absolute Gasteiger partial charge is 0.462 e. The Balaban J connectivity index is 4.65. The molecule has 0 rings (SSSR count). The highest BCUT2D eigenvalue weighted by Gasteiger charge is 2.19. The molecule has 0 aromatic heterocycles. The van der Waals surface area contributed by atoms with E-state index in [0.29, 0.717) is 12.8 Å². The molecular weight excluding hydrogens is 853 g/mol. The third-order valence-corrected chi connectivity index (χ3v) is 10.5. The molecule has 0 saturated carbocycles. The van der Waals surface area contributed by atoms with Crippen LogP contribution in [0.2, 0.25) is 0 Å². The maximum Gasteiger partial charge on any atom is 0.306 e. The number of carbonyl (C=O) groups is 3. The van der Waals surface area contributed by atoms with Gasteiger partial charge in [0.25, 0.3) is 0 Å². The summed E-state index contributed by atoms with van der Waals surface area (Å²) in [6, 6.07) is 0. The Morgan fingerprint density at radius 1 is 0.304 bits per heavy atom. The van der Waals surface area contributed by atoms with Crippen molar-refractivity contribution in [3.8, 4) is 0 Å². The third-order valence-electron chi connectivity index (χ3n) is 10.5. The molecule has 0 aliphatic heterocycles. The maximum atomic E-state index is 12.8. The normalized spacial score (nSPS) is 13.4. The van der Waals surface area contributed by atoms with Crippen LogP contribution < -0.4 is 0 Å². The Labute approximate surface area is 422 Å². The average Bonchev–Trinajstić information content (AvgIpc) is 3.35. The van der Waals surface area contributed by atoms with Gasteiger partial charge in [-0.25, -0.2) is 0 Å². The molecule has 0 amide bonds. The van der Waals surface area contributed by atoms with E-state index in [-0.39, 0.29) is 50.4 Å². The molecule has 0 fully saturated rings. The predicted octanol–water partition coefficient (Wildman–Crippen LogP) is 18.2. The molecule has 0 radical (unpaired) electrons. The lowest BCUT2D eigenvalue weighted by atomic mass is 10.1. The fourth-order valence-corrected chi connectivity index (χ4v) is 6.53. The number of allylic oxidation sites excluding steroid dienone is 26. The van der Waals surface area contributed by atoms with Gasteiger partial charge in [-0.2, -0.15) is 0 Å². The Morgan fingerprint density at radius 3 is 1.01 bits per heavy atom. The molecule has 0 heterocycles. The van der Waals surface area contributed by atoms with Crippen LogP contribution in [0.15, 0.2) is 158 Å². The molecule has 0 aromatic rings. The van der Waals surface area contributed by atoms with Crippen molar-refractivity contribution in [2.75, 3.05) is 13.2 Å². The summed E-state index contributed by atoms with van der Waals surface area (Å²) >= 11 is 0. The first-order valence-electron chi connectivity index (χ1n) is 27.0. The van der Waals surface area contributed by atoms with Crippen molar-refractivity contribution in [1.82, 2.24) is 0 Å². The number of esters is 3. The Bertz CT molecular complexity index is 1610. The fraction of sp³-hybridized carbons (Fsp3) is 0.540. The SMILES string of the molecule is CC/C=C\C/C=C\C/C=C\C/C=C\C/C=C\C/C=C\CCC(=O)OC[C@H](COC(=O)CCC/C=C\C/C=C\C/C=C\C/C=C\C/C=C\CC)OC(=O)CCCCCCC/C=C\C/C=C\CCCCC. The molecule has 384 valence electrons. The zero-order valence-electron chi connectivity index (χ0n) is 43.8. The molecule has 0 unspecified atom stereocenters. The standard InChI is InChI=1S/C63H96O6/c1-4-7-10-13-16-19-22-25-28-30-31-33-36-38-41-44-47-50-53-56-62(65)68-59-60(69-63(66)57-54-51-48-45-42-39-34-27-24-21-18-15-12-9-6-3)58-67-61(64)55-52-49-46-43-40-37-35-32-29-26-23-20-17-14-11-8-5-2/h7-8,10-11,16-21,25-29,31,33-35,37-38,41,43,46-47,50,60H,4-6,9,12-15,22-24,30,32,36,39-40,42,44-45,48-49,51-59H2,1-3H3/b10-7-,11-8-,19-16-,20-17-,21-18-,28-25-,29-26-,33-31-,34-27-,37-35-,41-38-,46-43-,50-47-/t60-/m0/s1. The van der Waals surface area contributed by atoms with E-state index < -0.39 is 6.10 Å². The second-order valence-corrected chi connectivity index (χ2v) is 17.0. The number of hydrogen-bond acceptors (Lipinski definition) is 6. The van der Waals surface area contributed by atoms with Gasteiger partial charge in [0.2, 0.25) is 0 Å². The van der Waals surface area contributed by atoms with Gasteiger partial charge in [0.15, 0.2) is 6.10 Å². The minimum absolute atomic E-state index is 0.144. The van der Waals surface area contributed by atoms with E-state index in [1.807, 2.05) is 12.2 Å². The van der Waals surface area contributed by atoms with Gasteiger partial charge >= 0.3 is 17.9 Å². The quantitative estimate of drug-likeness (QED) is 0.0262. The Morgan fingerprint density at radius 2 is 0.609 bits per heavy atom. The van der Waals surface area contributed by atoms with Crippen molar-refractivity contribution in [2.45, 2.75) is 207 Å². The van der Waals surface area contributed by atoms with Gasteiger partial charge in [0.05, 0.1) is 0 Å². The van der Waals surface area contributed by atoms with E-state index in [4.69, 9.17) is 14.2 Å². The molecule has 6 heteroatoms. The summed E-state index contributed by atoms with van der Waals surface area (Å²) in [5.41, 5.74) is 0. The molecule has 0 aliphatic carbocycles. The zero-order chi connectivity index (χ0) is 50.0. The number of unbranched alkanes of at least 4 members (excludes halogenated alkanes) is 9. The van der Waals surface area contributed by atoms with Crippen LogP contribution in [0.4, 0.5) is 0 Å². The van der Waals surface area contributed by atoms with Crippen LogP contribution in [0.1, 0.15) is 201 Å². The van der Waals surface area contributed by atoms with Crippen LogP contribution in [0.5, 0.6) is 0 Å². The lowest BCUT2D eigenvalue weighted by Gasteiger charge is -2.18. The summed E-state index contributed by atoms with van der Waals surface area (Å²) in [4.78, 5) is 38.0. The molecule has 0 bridgehead atoms. The van der Waals surface area contributed by atoms with E-state index in [1.54, 1.807) is 0 Å². The van der Waals surface area contributed by atoms with Gasteiger partial charge in [0, 0.05) is 19.3 Å². The summed E-state index contributed by atoms with van der Waals surface area (Å²) in [5.74, 6) is -1.11. The minimum atomic E-state index is -0.847. The molecule has 69 heavy (non-hydrogen) atoms. The molecule has 0 aliphatic rings. The number of ether oxygens (including phenoxy) is 3. The number of carbonyl (C=O) groups excluding carboxylic acids is 3. The first kappa shape index (κ1) is 64.0. The van der Waals surface area contributed by atoms with Gasteiger partial charge in [0.1, 0.15) is 13.2 Å². The Kier molecular flexibility index (Phi) is 51.6. The summed E-state index contributed by atoms with van der Waals surface area (Å²) in [6.45, 7) is 6.23. The third kappa shape index (κ3) is 53.8. The van der Waals surface area contributed by atoms with E-state index in [1.165, 1.54) is 25.7 Å². The molecule has 1 atom stereocenters. The first-order valence-corrected chi connectivity index (χ1v) is 27.0. The van der Waals surface area contributed by atoms with Gasteiger partial charge < -0.3 is 14.2 Å². The lowest BCUT2D eigenvalue weighted by Crippen LogP contribution is -2.30. The number of rotatable bonds is 46. The van der Waals surface area contributed by atoms with Crippen LogP contribution in [0.25, 0.3) is 0 Å². The van der Waals surface area contributed by atoms with Gasteiger partial charge in [-0.15, -0.1) is 0 Å². The van der Waals surface area contributed by atoms with Crippen molar-refractivity contribution >= 4 is 17.9 Å². The fourth-order valence-electron chi connectivity index (χ4n) is 6.53. The molecular formula is C63H96O6. The van der Waals surface area contributed by atoms with Gasteiger partial charge in [-0.3, -0.25) is 14.4 Å². The second-order valence-electron chi connectivity index (χ2n) is 17.0. The van der Waals surface area contributed by atoms with E-state index >= 15 is 0 Å². The molecule has 0 N–H and O–H groups in total. The molecule has 0 spiro atoms. The maximum absolute atomic E-state index is 12.8. The van der Waals surface area contributed by atoms with Crippen LogP contribution >= 0.6 is 0 Å². The van der Waals surface area contributed by atoms with Crippen LogP contribution in [0.3, 0.4) is 0 Å². The number of hydrogen-bond donors (Lipinski definition) is 0. The summed E-state index contributed by atoms with van der Waals surface area (Å²) < 4.78 is 16.7. The highest BCUT2D eigenvalue weighted by atomic mass is 16.6. The van der Waals surface area contributed by atoms with Crippen molar-refractivity contribution in [3.05, 3.63) is 158 Å². The van der Waals surface area contributed by atoms with Crippen LogP contribution in [0, 0.1) is 0 Å². The highest BCUT2D eigenvalue weighted by molar-refractivity contribution is 5.71. The summed E-state index contributed by atoms with van der Waals surface area (Å²) in [5, 5.41) is 0. The van der Waals surface area contributed by atoms with E-state index in [0.717, 1.165) is 122 Å². The molecule has 0 saturated heterocycles. The van der Waals surface area contributed by atoms with E-state index in [2.05, 4.69) is 167 Å². The van der Waals surface area contributed by atoms with Crippen molar-refractivity contribution < 1.29 is 28.6 Å². The predicted molar refractivity (Wildman–Crippen MR) is 297 cm³/mol. The minimum Gasteiger partial charge on any atom is -0.462 e. The van der Waals surface area contributed by atoms with Gasteiger partial charge in [-0.1, -0.05) is 211 Å². The molecule has 0 aromatic carbocycles. The topological polar surface area (TPSA) is 78.9 Å². The van der Waals surface area contributed by atoms with Crippen molar-refractivity contribution in [1.29, 1.82) is 0 Å². The van der Waals surface area contributed by atoms with Crippen LogP contribution in [-0.4, -0.2) is 37.2 Å². The summed E-state index contributed by atoms with van der Waals surface area (Å²) in [7, 11) is 0. The van der Waals surface area contributed by atoms with Crippen molar-refractivity contribution in [3.63, 3.8) is 0 Å². The second kappa shape index (κ2) is 55.6. The molecule has 6 nitrogen and oxygen atoms in total. The monoisotopic (exact) mass is 949 g/mol. The highest BCUT2D eigenvalue weighted by Crippen LogP contribution is 2.11. The van der Waals surface area contributed by atoms with E-state index in [9.17, 15) is 14.4 Å². The summed E-state index contributed by atoms with van der Waals surface area (Å²) in [6.07, 6.45) is 81.0. The smallest absolute Gasteiger partial charge is 0.306 e. The lowest BCUT2D eigenvalue weighted by molar-refractivity contribution is -0.166. The average molecular weight is 949 g/mol.